The molecule has 294 valence electrons. The highest BCUT2D eigenvalue weighted by atomic mass is 14.5. The van der Waals surface area contributed by atoms with Crippen LogP contribution < -0.4 is 0 Å². The Labute approximate surface area is 361 Å². The SMILES string of the molecule is CCC(CC)(c1ccc2c(c1)C(C)(C)c1cc3c(cc1-2)C(c1ccccc1)(c1ccccc1)c1cc(-c2ccccc2)c2ccccc2c1-3)c1ccccc1-c1ccccc1. The van der Waals surface area contributed by atoms with E-state index in [1.165, 1.54) is 99.8 Å². The second-order valence-corrected chi connectivity index (χ2v) is 17.8. The van der Waals surface area contributed by atoms with Crippen LogP contribution in [0.1, 0.15) is 85.0 Å². The largest absolute Gasteiger partial charge is 0.0714 e. The Morgan fingerprint density at radius 3 is 1.49 bits per heavy atom. The van der Waals surface area contributed by atoms with E-state index >= 15 is 0 Å². The quantitative estimate of drug-likeness (QED) is 0.144. The zero-order valence-corrected chi connectivity index (χ0v) is 35.5. The van der Waals surface area contributed by atoms with Crippen LogP contribution in [0.4, 0.5) is 0 Å². The highest BCUT2D eigenvalue weighted by Gasteiger charge is 2.49. The number of hydrogen-bond acceptors (Lipinski definition) is 0. The van der Waals surface area contributed by atoms with Gasteiger partial charge in [0.25, 0.3) is 0 Å². The number of benzene rings is 9. The summed E-state index contributed by atoms with van der Waals surface area (Å²) in [5, 5.41) is 2.59. The summed E-state index contributed by atoms with van der Waals surface area (Å²) in [6.07, 6.45) is 2.03. The van der Waals surface area contributed by atoms with E-state index in [9.17, 15) is 0 Å². The van der Waals surface area contributed by atoms with Crippen LogP contribution >= 0.6 is 0 Å². The molecule has 0 radical (unpaired) electrons. The maximum atomic E-state index is 2.60. The van der Waals surface area contributed by atoms with Gasteiger partial charge in [0.05, 0.1) is 5.41 Å². The molecule has 0 N–H and O–H groups in total. The molecule has 0 atom stereocenters. The standard InChI is InChI=1S/C61H50/c1-5-60(6-2,53-34-22-21-31-46(53)41-23-11-7-12-24-41)45-35-36-48-51-39-56-52(40-55(51)59(3,4)54(48)37-45)58-49-33-20-19-32-47(49)50(42-25-13-8-14-26-42)38-57(58)61(56,43-27-15-9-16-28-43)44-29-17-10-18-30-44/h7-40H,5-6H2,1-4H3. The number of fused-ring (bicyclic) bond motifs is 8. The molecule has 0 amide bonds. The summed E-state index contributed by atoms with van der Waals surface area (Å²) in [5.41, 5.74) is 20.5. The maximum Gasteiger partial charge on any atom is 0.0714 e. The summed E-state index contributed by atoms with van der Waals surface area (Å²) < 4.78 is 0. The lowest BCUT2D eigenvalue weighted by atomic mass is 9.66. The maximum absolute atomic E-state index is 2.60. The Morgan fingerprint density at radius 2 is 0.869 bits per heavy atom. The fourth-order valence-corrected chi connectivity index (χ4v) is 11.7. The van der Waals surface area contributed by atoms with Crippen molar-refractivity contribution in [3.8, 4) is 44.5 Å². The van der Waals surface area contributed by atoms with Gasteiger partial charge in [-0.1, -0.05) is 216 Å². The second-order valence-electron chi connectivity index (χ2n) is 17.8. The normalized spacial score (nSPS) is 14.3. The number of hydrogen-bond donors (Lipinski definition) is 0. The zero-order chi connectivity index (χ0) is 41.3. The molecule has 0 heteroatoms. The summed E-state index contributed by atoms with van der Waals surface area (Å²) in [5.74, 6) is 0. The molecule has 0 bridgehead atoms. The first-order valence-corrected chi connectivity index (χ1v) is 22.1. The fourth-order valence-electron chi connectivity index (χ4n) is 11.7. The molecule has 0 saturated heterocycles. The topological polar surface area (TPSA) is 0 Å². The van der Waals surface area contributed by atoms with Crippen molar-refractivity contribution in [2.75, 3.05) is 0 Å². The van der Waals surface area contributed by atoms with Crippen LogP contribution in [-0.4, -0.2) is 0 Å². The average molecular weight is 783 g/mol. The lowest BCUT2D eigenvalue weighted by molar-refractivity contribution is 0.478. The van der Waals surface area contributed by atoms with Crippen LogP contribution in [0, 0.1) is 0 Å². The summed E-state index contributed by atoms with van der Waals surface area (Å²) >= 11 is 0. The van der Waals surface area contributed by atoms with Crippen LogP contribution in [0.2, 0.25) is 0 Å². The highest BCUT2D eigenvalue weighted by Crippen LogP contribution is 2.62. The van der Waals surface area contributed by atoms with Crippen LogP contribution in [0.5, 0.6) is 0 Å². The Bertz CT molecular complexity index is 3060. The Morgan fingerprint density at radius 1 is 0.377 bits per heavy atom. The second kappa shape index (κ2) is 14.2. The molecule has 0 spiro atoms. The molecule has 0 aromatic heterocycles. The first-order valence-electron chi connectivity index (χ1n) is 22.1. The van der Waals surface area contributed by atoms with Gasteiger partial charge in [0.1, 0.15) is 0 Å². The minimum Gasteiger partial charge on any atom is -0.0642 e. The van der Waals surface area contributed by atoms with Gasteiger partial charge >= 0.3 is 0 Å². The van der Waals surface area contributed by atoms with E-state index in [0.29, 0.717) is 0 Å². The van der Waals surface area contributed by atoms with E-state index in [2.05, 4.69) is 234 Å². The van der Waals surface area contributed by atoms with E-state index in [1.54, 1.807) is 0 Å². The van der Waals surface area contributed by atoms with Crippen molar-refractivity contribution in [2.45, 2.75) is 56.8 Å². The zero-order valence-electron chi connectivity index (χ0n) is 35.5. The summed E-state index contributed by atoms with van der Waals surface area (Å²) in [7, 11) is 0. The molecule has 2 aliphatic rings. The van der Waals surface area contributed by atoms with Gasteiger partial charge in [0.15, 0.2) is 0 Å². The molecule has 0 fully saturated rings. The smallest absolute Gasteiger partial charge is 0.0642 e. The van der Waals surface area contributed by atoms with Crippen molar-refractivity contribution in [2.24, 2.45) is 0 Å². The van der Waals surface area contributed by atoms with E-state index in [-0.39, 0.29) is 10.8 Å². The van der Waals surface area contributed by atoms with Gasteiger partial charge in [-0.15, -0.1) is 0 Å². The van der Waals surface area contributed by atoms with E-state index in [0.717, 1.165) is 12.8 Å². The predicted molar refractivity (Wildman–Crippen MR) is 257 cm³/mol. The third-order valence-corrected chi connectivity index (χ3v) is 14.7. The molecule has 0 saturated carbocycles. The molecule has 0 nitrogen and oxygen atoms in total. The molecule has 0 heterocycles. The van der Waals surface area contributed by atoms with Gasteiger partial charge in [0.2, 0.25) is 0 Å². The average Bonchev–Trinajstić information content (AvgIpc) is 3.74. The molecule has 11 rings (SSSR count). The molecule has 61 heavy (non-hydrogen) atoms. The predicted octanol–water partition coefficient (Wildman–Crippen LogP) is 15.9. The van der Waals surface area contributed by atoms with Gasteiger partial charge in [-0.05, 0) is 131 Å². The molecule has 2 aliphatic carbocycles. The minimum absolute atomic E-state index is 0.141. The van der Waals surface area contributed by atoms with E-state index < -0.39 is 5.41 Å². The molecule has 9 aromatic rings. The van der Waals surface area contributed by atoms with Crippen molar-refractivity contribution in [1.82, 2.24) is 0 Å². The fraction of sp³-hybridized carbons (Fsp3) is 0.148. The van der Waals surface area contributed by atoms with Crippen molar-refractivity contribution in [3.63, 3.8) is 0 Å². The van der Waals surface area contributed by atoms with Crippen LogP contribution in [0.15, 0.2) is 206 Å². The monoisotopic (exact) mass is 782 g/mol. The molecule has 9 aromatic carbocycles. The molecular weight excluding hydrogens is 733 g/mol. The van der Waals surface area contributed by atoms with Crippen molar-refractivity contribution < 1.29 is 0 Å². The van der Waals surface area contributed by atoms with Crippen molar-refractivity contribution in [3.05, 3.63) is 251 Å². The first kappa shape index (κ1) is 37.3. The molecule has 0 aliphatic heterocycles. The van der Waals surface area contributed by atoms with Crippen molar-refractivity contribution in [1.29, 1.82) is 0 Å². The van der Waals surface area contributed by atoms with Gasteiger partial charge in [-0.3, -0.25) is 0 Å². The third-order valence-electron chi connectivity index (χ3n) is 14.7. The minimum atomic E-state index is -0.538. The lowest BCUT2D eigenvalue weighted by Gasteiger charge is -2.36. The van der Waals surface area contributed by atoms with Gasteiger partial charge in [-0.2, -0.15) is 0 Å². The number of rotatable bonds is 8. The van der Waals surface area contributed by atoms with Crippen LogP contribution in [0.3, 0.4) is 0 Å². The van der Waals surface area contributed by atoms with Gasteiger partial charge < -0.3 is 0 Å². The Hall–Kier alpha value is -6.76. The third kappa shape index (κ3) is 5.31. The first-order chi connectivity index (χ1) is 29.9. The summed E-state index contributed by atoms with van der Waals surface area (Å²) in [4.78, 5) is 0. The lowest BCUT2D eigenvalue weighted by Crippen LogP contribution is -2.28. The molecular formula is C61H50. The molecule has 0 unspecified atom stereocenters. The Kier molecular flexibility index (Phi) is 8.66. The highest BCUT2D eigenvalue weighted by molar-refractivity contribution is 6.10. The Balaban J connectivity index is 1.19. The van der Waals surface area contributed by atoms with Gasteiger partial charge in [-0.25, -0.2) is 0 Å². The summed E-state index contributed by atoms with van der Waals surface area (Å²) in [6, 6.07) is 77.9. The van der Waals surface area contributed by atoms with Crippen LogP contribution in [0.25, 0.3) is 55.3 Å². The van der Waals surface area contributed by atoms with Gasteiger partial charge in [0, 0.05) is 10.8 Å². The summed E-state index contributed by atoms with van der Waals surface area (Å²) in [6.45, 7) is 9.67. The van der Waals surface area contributed by atoms with E-state index in [1.807, 2.05) is 0 Å². The van der Waals surface area contributed by atoms with Crippen LogP contribution in [-0.2, 0) is 16.2 Å². The van der Waals surface area contributed by atoms with Crippen molar-refractivity contribution >= 4 is 10.8 Å². The van der Waals surface area contributed by atoms with E-state index in [4.69, 9.17) is 0 Å².